The van der Waals surface area contributed by atoms with Gasteiger partial charge < -0.3 is 15.5 Å². The van der Waals surface area contributed by atoms with Gasteiger partial charge >= 0.3 is 0 Å². The van der Waals surface area contributed by atoms with Crippen LogP contribution in [0.1, 0.15) is 40.7 Å². The van der Waals surface area contributed by atoms with Crippen molar-refractivity contribution in [3.8, 4) is 0 Å². The van der Waals surface area contributed by atoms with E-state index < -0.39 is 0 Å². The zero-order valence-corrected chi connectivity index (χ0v) is 16.2. The van der Waals surface area contributed by atoms with E-state index in [1.807, 2.05) is 23.1 Å². The lowest BCUT2D eigenvalue weighted by atomic mass is 10.0. The number of fused-ring (bicyclic) bond motifs is 1. The highest BCUT2D eigenvalue weighted by Crippen LogP contribution is 2.23. The predicted molar refractivity (Wildman–Crippen MR) is 110 cm³/mol. The molecule has 2 heterocycles. The molecule has 2 amide bonds. The van der Waals surface area contributed by atoms with E-state index in [0.717, 1.165) is 19.3 Å². The third kappa shape index (κ3) is 4.62. The van der Waals surface area contributed by atoms with Crippen LogP contribution >= 0.6 is 0 Å². The number of hydrogen-bond acceptors (Lipinski definition) is 5. The van der Waals surface area contributed by atoms with Crippen LogP contribution in [0.15, 0.2) is 36.5 Å². The van der Waals surface area contributed by atoms with E-state index in [2.05, 4.69) is 15.6 Å². The summed E-state index contributed by atoms with van der Waals surface area (Å²) in [5, 5.41) is 5.55. The van der Waals surface area contributed by atoms with E-state index in [9.17, 15) is 14.4 Å². The van der Waals surface area contributed by atoms with Gasteiger partial charge in [-0.3, -0.25) is 14.4 Å². The number of carbonyl (C=O) groups excluding carboxylic acids is 3. The van der Waals surface area contributed by atoms with Crippen LogP contribution in [-0.4, -0.2) is 42.2 Å². The van der Waals surface area contributed by atoms with Gasteiger partial charge in [-0.05, 0) is 48.6 Å². The van der Waals surface area contributed by atoms with Crippen molar-refractivity contribution in [1.82, 2.24) is 10.3 Å². The predicted octanol–water partition coefficient (Wildman–Crippen LogP) is 2.11. The van der Waals surface area contributed by atoms with Gasteiger partial charge in [-0.2, -0.15) is 0 Å². The third-order valence-corrected chi connectivity index (χ3v) is 5.39. The van der Waals surface area contributed by atoms with Crippen LogP contribution in [0.25, 0.3) is 0 Å². The van der Waals surface area contributed by atoms with Crippen molar-refractivity contribution in [2.45, 2.75) is 32.1 Å². The van der Waals surface area contributed by atoms with Gasteiger partial charge in [0, 0.05) is 31.5 Å². The Kier molecular flexibility index (Phi) is 5.55. The Morgan fingerprint density at radius 3 is 2.76 bits per heavy atom. The van der Waals surface area contributed by atoms with Crippen molar-refractivity contribution >= 4 is 29.1 Å². The lowest BCUT2D eigenvalue weighted by Gasteiger charge is -2.27. The molecule has 0 atom stereocenters. The highest BCUT2D eigenvalue weighted by atomic mass is 16.2. The summed E-state index contributed by atoms with van der Waals surface area (Å²) in [4.78, 5) is 42.3. The van der Waals surface area contributed by atoms with Gasteiger partial charge in [0.1, 0.15) is 5.82 Å². The molecule has 2 aliphatic rings. The van der Waals surface area contributed by atoms with Crippen LogP contribution in [0.2, 0.25) is 0 Å². The number of piperazine rings is 1. The molecule has 150 valence electrons. The van der Waals surface area contributed by atoms with Crippen LogP contribution in [0, 0.1) is 0 Å². The Hall–Kier alpha value is -3.22. The average Bonchev–Trinajstić information content (AvgIpc) is 3.20. The van der Waals surface area contributed by atoms with E-state index in [1.165, 1.54) is 11.1 Å². The number of benzene rings is 1. The van der Waals surface area contributed by atoms with E-state index in [-0.39, 0.29) is 37.0 Å². The molecule has 7 heteroatoms. The summed E-state index contributed by atoms with van der Waals surface area (Å²) in [5.41, 5.74) is 3.86. The molecular weight excluding hydrogens is 368 g/mol. The normalized spacial score (nSPS) is 15.6. The fourth-order valence-corrected chi connectivity index (χ4v) is 3.82. The molecule has 1 aliphatic carbocycles. The number of aromatic nitrogens is 1. The topological polar surface area (TPSA) is 91.4 Å². The fraction of sp³-hybridized carbons (Fsp3) is 0.364. The number of pyridine rings is 1. The molecule has 1 aromatic heterocycles. The van der Waals surface area contributed by atoms with E-state index in [1.54, 1.807) is 18.3 Å². The molecule has 7 nitrogen and oxygen atoms in total. The second-order valence-corrected chi connectivity index (χ2v) is 7.48. The van der Waals surface area contributed by atoms with Gasteiger partial charge in [0.05, 0.1) is 18.4 Å². The van der Waals surface area contributed by atoms with Crippen LogP contribution < -0.4 is 15.5 Å². The van der Waals surface area contributed by atoms with Crippen molar-refractivity contribution in [3.63, 3.8) is 0 Å². The average molecular weight is 392 g/mol. The number of Topliss-reactive ketones (excluding diaryl/α,β-unsaturated/α-hetero) is 1. The summed E-state index contributed by atoms with van der Waals surface area (Å²) < 4.78 is 0. The molecule has 1 aromatic carbocycles. The summed E-state index contributed by atoms with van der Waals surface area (Å²) in [6.07, 6.45) is 5.14. The molecule has 4 rings (SSSR count). The number of nitrogens with zero attached hydrogens (tertiary/aromatic N) is 2. The monoisotopic (exact) mass is 392 g/mol. The Bertz CT molecular complexity index is 940. The molecule has 0 bridgehead atoms. The Labute approximate surface area is 169 Å². The number of rotatable bonds is 6. The molecule has 0 unspecified atom stereocenters. The molecule has 2 N–H and O–H groups in total. The van der Waals surface area contributed by atoms with Crippen molar-refractivity contribution in [2.24, 2.45) is 0 Å². The van der Waals surface area contributed by atoms with Gasteiger partial charge in [-0.25, -0.2) is 4.98 Å². The maximum atomic E-state index is 12.4. The maximum Gasteiger partial charge on any atom is 0.239 e. The number of aryl methyl sites for hydroxylation is 2. The van der Waals surface area contributed by atoms with E-state index >= 15 is 0 Å². The number of amides is 2. The minimum Gasteiger partial charge on any atom is -0.353 e. The first kappa shape index (κ1) is 19.1. The largest absolute Gasteiger partial charge is 0.353 e. The molecule has 0 spiro atoms. The summed E-state index contributed by atoms with van der Waals surface area (Å²) >= 11 is 0. The van der Waals surface area contributed by atoms with E-state index in [4.69, 9.17) is 0 Å². The fourth-order valence-electron chi connectivity index (χ4n) is 3.82. The zero-order chi connectivity index (χ0) is 20.2. The zero-order valence-electron chi connectivity index (χ0n) is 16.2. The number of ketones is 1. The lowest BCUT2D eigenvalue weighted by molar-refractivity contribution is -0.120. The minimum absolute atomic E-state index is 0.00769. The van der Waals surface area contributed by atoms with Gasteiger partial charge in [-0.1, -0.05) is 12.1 Å². The van der Waals surface area contributed by atoms with Crippen molar-refractivity contribution in [3.05, 3.63) is 53.2 Å². The highest BCUT2D eigenvalue weighted by molar-refractivity contribution is 6.00. The van der Waals surface area contributed by atoms with Crippen molar-refractivity contribution in [1.29, 1.82) is 0 Å². The van der Waals surface area contributed by atoms with Crippen molar-refractivity contribution < 1.29 is 14.4 Å². The molecule has 1 saturated heterocycles. The Balaban J connectivity index is 1.28. The summed E-state index contributed by atoms with van der Waals surface area (Å²) in [7, 11) is 0. The SMILES string of the molecule is O=C1CN(c2ccc(NC(=O)CCC(=O)c3ccc4c(c3)CCC4)cn2)CCN1. The number of hydrogen-bond donors (Lipinski definition) is 2. The first-order chi connectivity index (χ1) is 14.1. The van der Waals surface area contributed by atoms with Crippen LogP contribution in [0.5, 0.6) is 0 Å². The molecular formula is C22H24N4O3. The molecule has 0 saturated carbocycles. The lowest BCUT2D eigenvalue weighted by Crippen LogP contribution is -2.48. The molecule has 2 aromatic rings. The number of anilines is 2. The first-order valence-corrected chi connectivity index (χ1v) is 10.0. The molecule has 0 radical (unpaired) electrons. The van der Waals surface area contributed by atoms with E-state index in [0.29, 0.717) is 30.2 Å². The van der Waals surface area contributed by atoms with Crippen molar-refractivity contribution in [2.75, 3.05) is 29.9 Å². The summed E-state index contributed by atoms with van der Waals surface area (Å²) in [6, 6.07) is 9.42. The Morgan fingerprint density at radius 2 is 1.97 bits per heavy atom. The minimum atomic E-state index is -0.216. The second kappa shape index (κ2) is 8.43. The first-order valence-electron chi connectivity index (χ1n) is 10.0. The van der Waals surface area contributed by atoms with Gasteiger partial charge in [0.15, 0.2) is 5.78 Å². The van der Waals surface area contributed by atoms with Crippen LogP contribution in [0.4, 0.5) is 11.5 Å². The van der Waals surface area contributed by atoms with Crippen LogP contribution in [-0.2, 0) is 22.4 Å². The molecule has 1 fully saturated rings. The summed E-state index contributed by atoms with van der Waals surface area (Å²) in [6.45, 7) is 1.58. The van der Waals surface area contributed by atoms with Gasteiger partial charge in [0.25, 0.3) is 0 Å². The smallest absolute Gasteiger partial charge is 0.239 e. The molecule has 1 aliphatic heterocycles. The van der Waals surface area contributed by atoms with Crippen LogP contribution in [0.3, 0.4) is 0 Å². The second-order valence-electron chi connectivity index (χ2n) is 7.48. The molecule has 29 heavy (non-hydrogen) atoms. The standard InChI is InChI=1S/C22H24N4O3/c27-19(17-5-4-15-2-1-3-16(15)12-17)7-9-21(28)25-18-6-8-20(24-13-18)26-11-10-23-22(29)14-26/h4-6,8,12-13H,1-3,7,9-11,14H2,(H,23,29)(H,25,28). The van der Waals surface area contributed by atoms with Gasteiger partial charge in [-0.15, -0.1) is 0 Å². The summed E-state index contributed by atoms with van der Waals surface area (Å²) in [5.74, 6) is 0.450. The van der Waals surface area contributed by atoms with Gasteiger partial charge in [0.2, 0.25) is 11.8 Å². The quantitative estimate of drug-likeness (QED) is 0.735. The Morgan fingerprint density at radius 1 is 1.10 bits per heavy atom. The highest BCUT2D eigenvalue weighted by Gasteiger charge is 2.18. The number of carbonyl (C=O) groups is 3. The third-order valence-electron chi connectivity index (χ3n) is 5.39. The maximum absolute atomic E-state index is 12.4. The number of nitrogens with one attached hydrogen (secondary N) is 2.